The third-order valence-corrected chi connectivity index (χ3v) is 4.37. The number of carboxylic acid groups (broad SMARTS) is 1. The molecule has 20 heavy (non-hydrogen) atoms. The lowest BCUT2D eigenvalue weighted by Gasteiger charge is -2.04. The third kappa shape index (κ3) is 5.17. The molecule has 0 aliphatic carbocycles. The topological polar surface area (TPSA) is 108 Å². The summed E-state index contributed by atoms with van der Waals surface area (Å²) in [6.45, 7) is 4.00. The molecule has 110 valence electrons. The molecule has 0 aliphatic heterocycles. The van der Waals surface area contributed by atoms with E-state index in [1.807, 2.05) is 6.92 Å². The molecule has 0 unspecified atom stereocenters. The molecular weight excluding hydrogens is 302 g/mol. The molecule has 0 bridgehead atoms. The fourth-order valence-corrected chi connectivity index (χ4v) is 3.03. The molecule has 0 atom stereocenters. The van der Waals surface area contributed by atoms with Crippen LogP contribution in [0.15, 0.2) is 4.34 Å². The van der Waals surface area contributed by atoms with Crippen molar-refractivity contribution in [2.75, 3.05) is 12.3 Å². The van der Waals surface area contributed by atoms with Crippen LogP contribution in [0, 0.1) is 6.92 Å². The molecule has 0 radical (unpaired) electrons. The zero-order chi connectivity index (χ0) is 15.1. The Morgan fingerprint density at radius 1 is 1.40 bits per heavy atom. The predicted octanol–water partition coefficient (Wildman–Crippen LogP) is 1.48. The molecule has 0 aliphatic rings. The predicted molar refractivity (Wildman–Crippen MR) is 76.4 cm³/mol. The Labute approximate surface area is 124 Å². The first-order valence-corrected chi connectivity index (χ1v) is 7.65. The molecule has 0 saturated carbocycles. The number of urea groups is 1. The van der Waals surface area contributed by atoms with Gasteiger partial charge in [-0.1, -0.05) is 18.7 Å². The number of rotatable bonds is 6. The molecular formula is C11H15N3O4S2. The van der Waals surface area contributed by atoms with Crippen LogP contribution in [0.4, 0.5) is 4.79 Å². The van der Waals surface area contributed by atoms with Crippen LogP contribution >= 0.6 is 23.1 Å². The van der Waals surface area contributed by atoms with Crippen molar-refractivity contribution in [2.45, 2.75) is 24.6 Å². The summed E-state index contributed by atoms with van der Waals surface area (Å²) in [6.07, 6.45) is 0.784. The average Bonchev–Trinajstić information content (AvgIpc) is 2.75. The van der Waals surface area contributed by atoms with Crippen molar-refractivity contribution in [3.8, 4) is 0 Å². The van der Waals surface area contributed by atoms with E-state index in [0.29, 0.717) is 16.6 Å². The van der Waals surface area contributed by atoms with E-state index in [0.717, 1.165) is 29.5 Å². The molecule has 3 amide bonds. The first-order valence-electron chi connectivity index (χ1n) is 5.85. The quantitative estimate of drug-likeness (QED) is 0.686. The van der Waals surface area contributed by atoms with Gasteiger partial charge in [-0.15, -0.1) is 11.3 Å². The minimum Gasteiger partial charge on any atom is -0.477 e. The molecule has 3 N–H and O–H groups in total. The van der Waals surface area contributed by atoms with Crippen molar-refractivity contribution in [1.82, 2.24) is 15.6 Å². The number of nitrogens with one attached hydrogen (secondary N) is 2. The van der Waals surface area contributed by atoms with E-state index >= 15 is 0 Å². The summed E-state index contributed by atoms with van der Waals surface area (Å²) < 4.78 is 0.490. The number of aromatic nitrogens is 1. The number of thioether (sulfide) groups is 1. The second-order valence-corrected chi connectivity index (χ2v) is 6.01. The normalized spacial score (nSPS) is 10.1. The van der Waals surface area contributed by atoms with E-state index in [4.69, 9.17) is 5.11 Å². The zero-order valence-electron chi connectivity index (χ0n) is 11.1. The number of carbonyl (C=O) groups excluding carboxylic acids is 2. The maximum atomic E-state index is 11.5. The second kappa shape index (κ2) is 7.85. The summed E-state index contributed by atoms with van der Waals surface area (Å²) in [4.78, 5) is 37.8. The van der Waals surface area contributed by atoms with Crippen LogP contribution in [0.2, 0.25) is 0 Å². The maximum absolute atomic E-state index is 11.5. The standard InChI is InChI=1S/C11H15N3O4S2/c1-3-4-12-10(18)14-7(15)5-19-11-13-6(2)8(20-11)9(16)17/h3-5H2,1-2H3,(H,16,17)(H2,12,14,15,18). The number of amides is 3. The summed E-state index contributed by atoms with van der Waals surface area (Å²) in [5, 5.41) is 13.6. The summed E-state index contributed by atoms with van der Waals surface area (Å²) in [7, 11) is 0. The van der Waals surface area contributed by atoms with Gasteiger partial charge in [-0.3, -0.25) is 10.1 Å². The highest BCUT2D eigenvalue weighted by atomic mass is 32.2. The number of aryl methyl sites for hydroxylation is 1. The lowest BCUT2D eigenvalue weighted by molar-refractivity contribution is -0.117. The van der Waals surface area contributed by atoms with Gasteiger partial charge in [-0.25, -0.2) is 14.6 Å². The highest BCUT2D eigenvalue weighted by molar-refractivity contribution is 8.01. The molecule has 1 rings (SSSR count). The number of aromatic carboxylic acids is 1. The van der Waals surface area contributed by atoms with Crippen molar-refractivity contribution in [3.05, 3.63) is 10.6 Å². The number of thiazole rings is 1. The highest BCUT2D eigenvalue weighted by Gasteiger charge is 2.15. The molecule has 1 aromatic rings. The molecule has 0 fully saturated rings. The van der Waals surface area contributed by atoms with Gasteiger partial charge in [0.15, 0.2) is 4.34 Å². The Hall–Kier alpha value is -1.61. The Kier molecular flexibility index (Phi) is 6.46. The Balaban J connectivity index is 2.43. The van der Waals surface area contributed by atoms with Gasteiger partial charge < -0.3 is 10.4 Å². The lowest BCUT2D eigenvalue weighted by Crippen LogP contribution is -2.40. The van der Waals surface area contributed by atoms with Crippen molar-refractivity contribution in [2.24, 2.45) is 0 Å². The van der Waals surface area contributed by atoms with Crippen molar-refractivity contribution in [3.63, 3.8) is 0 Å². The second-order valence-electron chi connectivity index (χ2n) is 3.79. The van der Waals surface area contributed by atoms with Gasteiger partial charge in [0, 0.05) is 6.54 Å². The van der Waals surface area contributed by atoms with Crippen LogP contribution in [0.5, 0.6) is 0 Å². The third-order valence-electron chi connectivity index (χ3n) is 2.09. The largest absolute Gasteiger partial charge is 0.477 e. The summed E-state index contributed by atoms with van der Waals surface area (Å²) >= 11 is 2.11. The van der Waals surface area contributed by atoms with E-state index in [1.165, 1.54) is 0 Å². The first kappa shape index (κ1) is 16.4. The molecule has 9 heteroatoms. The average molecular weight is 317 g/mol. The summed E-state index contributed by atoms with van der Waals surface area (Å²) in [5.74, 6) is -1.48. The zero-order valence-corrected chi connectivity index (χ0v) is 12.7. The van der Waals surface area contributed by atoms with Crippen LogP contribution in [-0.4, -0.2) is 40.3 Å². The number of carbonyl (C=O) groups is 3. The lowest BCUT2D eigenvalue weighted by atomic mass is 10.4. The number of imide groups is 1. The van der Waals surface area contributed by atoms with Gasteiger partial charge >= 0.3 is 12.0 Å². The minimum atomic E-state index is -1.03. The Morgan fingerprint density at radius 2 is 2.10 bits per heavy atom. The van der Waals surface area contributed by atoms with Gasteiger partial charge in [0.05, 0.1) is 11.4 Å². The Morgan fingerprint density at radius 3 is 2.65 bits per heavy atom. The van der Waals surface area contributed by atoms with Gasteiger partial charge in [-0.05, 0) is 13.3 Å². The molecule has 1 heterocycles. The van der Waals surface area contributed by atoms with Gasteiger partial charge in [-0.2, -0.15) is 0 Å². The molecule has 0 aromatic carbocycles. The fourth-order valence-electron chi connectivity index (χ4n) is 1.20. The smallest absolute Gasteiger partial charge is 0.347 e. The summed E-state index contributed by atoms with van der Waals surface area (Å²) in [6, 6.07) is -0.529. The minimum absolute atomic E-state index is 0.00551. The van der Waals surface area contributed by atoms with E-state index in [9.17, 15) is 14.4 Å². The van der Waals surface area contributed by atoms with Crippen LogP contribution < -0.4 is 10.6 Å². The van der Waals surface area contributed by atoms with Crippen LogP contribution in [0.1, 0.15) is 28.7 Å². The fraction of sp³-hybridized carbons (Fsp3) is 0.455. The van der Waals surface area contributed by atoms with E-state index in [-0.39, 0.29) is 10.6 Å². The molecule has 7 nitrogen and oxygen atoms in total. The number of carboxylic acids is 1. The van der Waals surface area contributed by atoms with Gasteiger partial charge in [0.25, 0.3) is 0 Å². The van der Waals surface area contributed by atoms with Crippen LogP contribution in [0.3, 0.4) is 0 Å². The van der Waals surface area contributed by atoms with Crippen molar-refractivity contribution < 1.29 is 19.5 Å². The highest BCUT2D eigenvalue weighted by Crippen LogP contribution is 2.26. The van der Waals surface area contributed by atoms with Gasteiger partial charge in [0.2, 0.25) is 5.91 Å². The van der Waals surface area contributed by atoms with Crippen molar-refractivity contribution in [1.29, 1.82) is 0 Å². The maximum Gasteiger partial charge on any atom is 0.347 e. The SMILES string of the molecule is CCCNC(=O)NC(=O)CSc1nc(C)c(C(=O)O)s1. The summed E-state index contributed by atoms with van der Waals surface area (Å²) in [5.41, 5.74) is 0.422. The monoisotopic (exact) mass is 317 g/mol. The van der Waals surface area contributed by atoms with E-state index in [2.05, 4.69) is 15.6 Å². The van der Waals surface area contributed by atoms with Crippen LogP contribution in [-0.2, 0) is 4.79 Å². The molecule has 0 saturated heterocycles. The number of hydrogen-bond donors (Lipinski definition) is 3. The first-order chi connectivity index (χ1) is 9.43. The Bertz CT molecular complexity index is 516. The van der Waals surface area contributed by atoms with E-state index in [1.54, 1.807) is 6.92 Å². The number of nitrogens with zero attached hydrogens (tertiary/aromatic N) is 1. The number of hydrogen-bond acceptors (Lipinski definition) is 6. The van der Waals surface area contributed by atoms with Crippen molar-refractivity contribution >= 4 is 41.0 Å². The van der Waals surface area contributed by atoms with E-state index < -0.39 is 17.9 Å². The van der Waals surface area contributed by atoms with Gasteiger partial charge in [0.1, 0.15) is 4.88 Å². The molecule has 1 aromatic heterocycles. The van der Waals surface area contributed by atoms with Crippen LogP contribution in [0.25, 0.3) is 0 Å². The molecule has 0 spiro atoms.